The molecule has 0 saturated carbocycles. The fraction of sp³-hybridized carbons (Fsp3) is 0.154. The van der Waals surface area contributed by atoms with Crippen molar-refractivity contribution in [1.29, 1.82) is 0 Å². The van der Waals surface area contributed by atoms with E-state index in [1.807, 2.05) is 24.4 Å². The van der Waals surface area contributed by atoms with E-state index in [1.54, 1.807) is 0 Å². The molecule has 0 aliphatic carbocycles. The van der Waals surface area contributed by atoms with Gasteiger partial charge in [0.1, 0.15) is 5.82 Å². The van der Waals surface area contributed by atoms with Crippen molar-refractivity contribution < 1.29 is 25.8 Å². The van der Waals surface area contributed by atoms with Gasteiger partial charge in [-0.3, -0.25) is 4.98 Å². The van der Waals surface area contributed by atoms with Crippen molar-refractivity contribution in [2.75, 3.05) is 9.62 Å². The number of aromatic nitrogens is 3. The number of para-hydroxylation sites is 2. The molecule has 0 N–H and O–H groups in total. The first-order valence-electron chi connectivity index (χ1n) is 20.5. The zero-order valence-electron chi connectivity index (χ0n) is 34.2. The summed E-state index contributed by atoms with van der Waals surface area (Å²) in [7, 11) is 0. The molecular formula is C52H40BN5OPt. The van der Waals surface area contributed by atoms with Gasteiger partial charge in [0.25, 0.3) is 0 Å². The Hall–Kier alpha value is -6.17. The fourth-order valence-electron chi connectivity index (χ4n) is 10.3. The number of aryl methyl sites for hydroxylation is 2. The van der Waals surface area contributed by atoms with E-state index in [9.17, 15) is 0 Å². The summed E-state index contributed by atoms with van der Waals surface area (Å²) in [5, 5.41) is 3.22. The van der Waals surface area contributed by atoms with E-state index in [0.29, 0.717) is 11.5 Å². The van der Waals surface area contributed by atoms with E-state index < -0.39 is 0 Å². The molecule has 0 saturated heterocycles. The zero-order valence-corrected chi connectivity index (χ0v) is 36.5. The van der Waals surface area contributed by atoms with Crippen molar-refractivity contribution in [2.45, 2.75) is 52.4 Å². The Morgan fingerprint density at radius 3 is 2.20 bits per heavy atom. The van der Waals surface area contributed by atoms with Crippen molar-refractivity contribution in [1.82, 2.24) is 14.4 Å². The number of nitrogens with zero attached hydrogens (tertiary/aromatic N) is 5. The maximum Gasteiger partial charge on any atom is 2.00 e. The molecule has 3 aliphatic heterocycles. The fourth-order valence-corrected chi connectivity index (χ4v) is 10.3. The Labute approximate surface area is 364 Å². The second-order valence-corrected chi connectivity index (χ2v) is 17.4. The standard InChI is InChI=1S/C52H40BN5O.Pt/c1-31-15-12-16-32(2)46(31)57-43-23-14-28-54-50(43)58-44-30-35(25-27-38(44)37-19-10-11-22-42(37)53(57)58)59-34-24-26-36-39-20-13-21-41-47(39)56-48(52(5,6)51(41,3)4)45(33-17-8-7-9-18-33)55-49(56)40(36)29-34;/h7-28H,1-6H3;/q-2;+2. The minimum absolute atomic E-state index is 0. The number of hydrogen-bond donors (Lipinski definition) is 0. The molecule has 0 spiro atoms. The van der Waals surface area contributed by atoms with Gasteiger partial charge >= 0.3 is 28.0 Å². The van der Waals surface area contributed by atoms with Gasteiger partial charge in [0.05, 0.1) is 17.0 Å². The van der Waals surface area contributed by atoms with Gasteiger partial charge in [-0.25, -0.2) is 4.98 Å². The first-order chi connectivity index (χ1) is 28.6. The molecule has 8 heteroatoms. The van der Waals surface area contributed by atoms with Gasteiger partial charge in [0, 0.05) is 51.0 Å². The van der Waals surface area contributed by atoms with Crippen LogP contribution >= 0.6 is 0 Å². The number of pyridine rings is 2. The molecule has 6 aromatic carbocycles. The quantitative estimate of drug-likeness (QED) is 0.0999. The molecule has 60 heavy (non-hydrogen) atoms. The third kappa shape index (κ3) is 4.81. The summed E-state index contributed by atoms with van der Waals surface area (Å²) in [6, 6.07) is 52.7. The Kier molecular flexibility index (Phi) is 7.94. The van der Waals surface area contributed by atoms with Gasteiger partial charge in [0.15, 0.2) is 0 Å². The van der Waals surface area contributed by atoms with Gasteiger partial charge in [-0.1, -0.05) is 147 Å². The predicted octanol–water partition coefficient (Wildman–Crippen LogP) is 11.9. The van der Waals surface area contributed by atoms with E-state index in [0.717, 1.165) is 50.4 Å². The summed E-state index contributed by atoms with van der Waals surface area (Å²) < 4.78 is 9.23. The van der Waals surface area contributed by atoms with Gasteiger partial charge in [-0.15, -0.1) is 29.8 Å². The maximum absolute atomic E-state index is 6.81. The number of benzene rings is 6. The van der Waals surface area contributed by atoms with Crippen LogP contribution in [0.2, 0.25) is 0 Å². The maximum atomic E-state index is 6.81. The summed E-state index contributed by atoms with van der Waals surface area (Å²) in [6.45, 7) is 13.7. The second-order valence-electron chi connectivity index (χ2n) is 17.4. The summed E-state index contributed by atoms with van der Waals surface area (Å²) in [5.74, 6) is 2.11. The van der Waals surface area contributed by atoms with Crippen molar-refractivity contribution in [3.8, 4) is 33.9 Å². The third-order valence-corrected chi connectivity index (χ3v) is 13.8. The predicted molar refractivity (Wildman–Crippen MR) is 241 cm³/mol. The average molecular weight is 957 g/mol. The molecule has 292 valence electrons. The average Bonchev–Trinajstić information content (AvgIpc) is 3.82. The molecule has 0 unspecified atom stereocenters. The molecule has 0 amide bonds. The van der Waals surface area contributed by atoms with Crippen LogP contribution in [0.5, 0.6) is 11.5 Å². The third-order valence-electron chi connectivity index (χ3n) is 13.8. The van der Waals surface area contributed by atoms with E-state index >= 15 is 0 Å². The van der Waals surface area contributed by atoms with Gasteiger partial charge in [-0.05, 0) is 53.5 Å². The van der Waals surface area contributed by atoms with Crippen molar-refractivity contribution in [2.24, 2.45) is 0 Å². The number of fused-ring (bicyclic) bond motifs is 11. The molecule has 12 rings (SSSR count). The van der Waals surface area contributed by atoms with Crippen molar-refractivity contribution in [3.63, 3.8) is 0 Å². The Bertz CT molecular complexity index is 3240. The first-order valence-corrected chi connectivity index (χ1v) is 20.5. The topological polar surface area (TPSA) is 45.9 Å². The molecule has 0 bridgehead atoms. The molecule has 6 heterocycles. The van der Waals surface area contributed by atoms with E-state index in [2.05, 4.69) is 177 Å². The number of hydrogen-bond acceptors (Lipinski definition) is 5. The normalized spacial score (nSPS) is 15.2. The molecule has 6 nitrogen and oxygen atoms in total. The van der Waals surface area contributed by atoms with E-state index in [4.69, 9.17) is 14.7 Å². The van der Waals surface area contributed by atoms with Gasteiger partial charge < -0.3 is 18.8 Å². The number of rotatable bonds is 4. The second kappa shape index (κ2) is 12.9. The molecule has 3 aliphatic rings. The van der Waals surface area contributed by atoms with Crippen LogP contribution in [0.4, 0.5) is 22.9 Å². The van der Waals surface area contributed by atoms with E-state index in [1.165, 1.54) is 50.0 Å². The van der Waals surface area contributed by atoms with Crippen molar-refractivity contribution >= 4 is 62.6 Å². The van der Waals surface area contributed by atoms with Gasteiger partial charge in [0.2, 0.25) is 0 Å². The monoisotopic (exact) mass is 956 g/mol. The molecule has 3 aromatic heterocycles. The largest absolute Gasteiger partial charge is 2.00 e. The smallest absolute Gasteiger partial charge is 0.503 e. The van der Waals surface area contributed by atoms with Crippen LogP contribution in [0, 0.1) is 26.0 Å². The molecular weight excluding hydrogens is 916 g/mol. The number of imidazole rings is 1. The van der Waals surface area contributed by atoms with Crippen LogP contribution in [0.3, 0.4) is 0 Å². The van der Waals surface area contributed by atoms with Crippen molar-refractivity contribution in [3.05, 3.63) is 168 Å². The number of anilines is 4. The summed E-state index contributed by atoms with van der Waals surface area (Å²) >= 11 is 0. The molecule has 9 aromatic rings. The molecule has 0 fully saturated rings. The van der Waals surface area contributed by atoms with Gasteiger partial charge in [-0.2, -0.15) is 6.07 Å². The Morgan fingerprint density at radius 1 is 0.650 bits per heavy atom. The van der Waals surface area contributed by atoms with Crippen LogP contribution in [-0.2, 0) is 31.9 Å². The summed E-state index contributed by atoms with van der Waals surface area (Å²) in [6.07, 6.45) is 1.88. The first kappa shape index (κ1) is 36.9. The van der Waals surface area contributed by atoms with Crippen LogP contribution in [0.25, 0.3) is 49.7 Å². The molecule has 0 radical (unpaired) electrons. The van der Waals surface area contributed by atoms with Crippen LogP contribution in [0.15, 0.2) is 134 Å². The summed E-state index contributed by atoms with van der Waals surface area (Å²) in [5.41, 5.74) is 15.5. The van der Waals surface area contributed by atoms with E-state index in [-0.39, 0.29) is 38.9 Å². The summed E-state index contributed by atoms with van der Waals surface area (Å²) in [4.78, 5) is 15.3. The minimum Gasteiger partial charge on any atom is -0.503 e. The minimum atomic E-state index is -0.230. The Balaban J connectivity index is 0.00000408. The van der Waals surface area contributed by atoms with Crippen LogP contribution < -0.4 is 19.8 Å². The number of ether oxygens (including phenoxy) is 1. The molecule has 0 atom stereocenters. The Morgan fingerprint density at radius 2 is 1.38 bits per heavy atom. The van der Waals surface area contributed by atoms with Crippen LogP contribution in [0.1, 0.15) is 50.1 Å². The SMILES string of the molecule is Cc1cccc(C)c1N1B2c3ccccc3-c3ccc(Oc4[c-]c5c(cc4)c4cccc6c4n4c(c(-c7ccccc7)nc54)C(C)(C)C6(C)C)[c-]c3N2c2ncccc21.[Pt+2]. The van der Waals surface area contributed by atoms with Crippen LogP contribution in [-0.4, -0.2) is 21.4 Å². The zero-order chi connectivity index (χ0) is 39.9.